The van der Waals surface area contributed by atoms with Crippen LogP contribution in [0, 0.1) is 5.82 Å². The molecule has 0 amide bonds. The molecule has 5 heteroatoms. The fourth-order valence-electron chi connectivity index (χ4n) is 2.20. The second kappa shape index (κ2) is 5.40. The maximum absolute atomic E-state index is 13.4. The zero-order valence-electron chi connectivity index (χ0n) is 11.4. The monoisotopic (exact) mass is 263 g/mol. The summed E-state index contributed by atoms with van der Waals surface area (Å²) in [5.41, 5.74) is 8.70. The number of halogens is 1. The van der Waals surface area contributed by atoms with Gasteiger partial charge in [-0.2, -0.15) is 5.10 Å². The van der Waals surface area contributed by atoms with Gasteiger partial charge in [-0.05, 0) is 24.6 Å². The third kappa shape index (κ3) is 2.61. The van der Waals surface area contributed by atoms with Crippen LogP contribution in [0.3, 0.4) is 0 Å². The number of aromatic nitrogens is 2. The number of hydrogen-bond donors (Lipinski definition) is 1. The minimum Gasteiger partial charge on any atom is -0.496 e. The van der Waals surface area contributed by atoms with E-state index >= 15 is 0 Å². The van der Waals surface area contributed by atoms with Gasteiger partial charge in [0.2, 0.25) is 0 Å². The van der Waals surface area contributed by atoms with Crippen LogP contribution in [0.5, 0.6) is 5.75 Å². The molecule has 1 aromatic carbocycles. The van der Waals surface area contributed by atoms with Crippen LogP contribution in [0.4, 0.5) is 4.39 Å². The molecule has 0 bridgehead atoms. The maximum Gasteiger partial charge on any atom is 0.124 e. The van der Waals surface area contributed by atoms with Crippen molar-refractivity contribution >= 4 is 0 Å². The molecule has 0 aliphatic rings. The van der Waals surface area contributed by atoms with E-state index in [-0.39, 0.29) is 5.82 Å². The molecule has 0 saturated carbocycles. The van der Waals surface area contributed by atoms with E-state index in [0.717, 1.165) is 17.7 Å². The van der Waals surface area contributed by atoms with Gasteiger partial charge in [-0.15, -0.1) is 0 Å². The highest BCUT2D eigenvalue weighted by Crippen LogP contribution is 2.30. The smallest absolute Gasteiger partial charge is 0.124 e. The SMILES string of the molecule is CCc1nn(C)cc1C(N)c1cc(F)ccc1OC. The lowest BCUT2D eigenvalue weighted by atomic mass is 9.98. The minimum atomic E-state index is -0.450. The Morgan fingerprint density at radius 3 is 2.79 bits per heavy atom. The number of benzene rings is 1. The average Bonchev–Trinajstić information content (AvgIpc) is 2.79. The molecule has 1 aromatic heterocycles. The number of nitrogens with zero attached hydrogens (tertiary/aromatic N) is 2. The lowest BCUT2D eigenvalue weighted by molar-refractivity contribution is 0.406. The number of nitrogens with two attached hydrogens (primary N) is 1. The molecule has 2 N–H and O–H groups in total. The van der Waals surface area contributed by atoms with E-state index in [1.54, 1.807) is 17.9 Å². The molecule has 0 aliphatic carbocycles. The number of ether oxygens (including phenoxy) is 1. The molecule has 0 aliphatic heterocycles. The van der Waals surface area contributed by atoms with E-state index in [9.17, 15) is 4.39 Å². The van der Waals surface area contributed by atoms with Gasteiger partial charge in [-0.3, -0.25) is 4.68 Å². The van der Waals surface area contributed by atoms with E-state index in [2.05, 4.69) is 5.10 Å². The van der Waals surface area contributed by atoms with E-state index < -0.39 is 6.04 Å². The Morgan fingerprint density at radius 2 is 2.16 bits per heavy atom. The predicted molar refractivity (Wildman–Crippen MR) is 71.6 cm³/mol. The second-order valence-electron chi connectivity index (χ2n) is 4.42. The Morgan fingerprint density at radius 1 is 1.42 bits per heavy atom. The molecule has 1 atom stereocenters. The first-order valence-electron chi connectivity index (χ1n) is 6.18. The summed E-state index contributed by atoms with van der Waals surface area (Å²) in [5.74, 6) is 0.257. The Labute approximate surface area is 112 Å². The number of aryl methyl sites for hydroxylation is 2. The van der Waals surface area contributed by atoms with Crippen LogP contribution in [0.1, 0.15) is 29.8 Å². The summed E-state index contributed by atoms with van der Waals surface area (Å²) in [6.07, 6.45) is 2.65. The standard InChI is InChI=1S/C14H18FN3O/c1-4-12-11(8-18(2)17-12)14(16)10-7-9(15)5-6-13(10)19-3/h5-8,14H,4,16H2,1-3H3. The van der Waals surface area contributed by atoms with Crippen molar-refractivity contribution in [3.05, 3.63) is 47.0 Å². The van der Waals surface area contributed by atoms with Crippen molar-refractivity contribution in [3.8, 4) is 5.75 Å². The Hall–Kier alpha value is -1.88. The average molecular weight is 263 g/mol. The van der Waals surface area contributed by atoms with Gasteiger partial charge >= 0.3 is 0 Å². The summed E-state index contributed by atoms with van der Waals surface area (Å²) in [6, 6.07) is 3.91. The predicted octanol–water partition coefficient (Wildman–Crippen LogP) is 2.18. The first kappa shape index (κ1) is 13.5. The van der Waals surface area contributed by atoms with Gasteiger partial charge in [-0.25, -0.2) is 4.39 Å². The van der Waals surface area contributed by atoms with Gasteiger partial charge in [0, 0.05) is 24.4 Å². The molecular formula is C14H18FN3O. The van der Waals surface area contributed by atoms with E-state index in [1.807, 2.05) is 20.2 Å². The molecular weight excluding hydrogens is 245 g/mol. The van der Waals surface area contributed by atoms with Crippen LogP contribution >= 0.6 is 0 Å². The van der Waals surface area contributed by atoms with Crippen molar-refractivity contribution in [2.75, 3.05) is 7.11 Å². The fourth-order valence-corrected chi connectivity index (χ4v) is 2.20. The molecule has 1 unspecified atom stereocenters. The highest BCUT2D eigenvalue weighted by atomic mass is 19.1. The molecule has 2 aromatic rings. The molecule has 0 saturated heterocycles. The summed E-state index contributed by atoms with van der Waals surface area (Å²) in [6.45, 7) is 2.02. The van der Waals surface area contributed by atoms with Crippen molar-refractivity contribution in [3.63, 3.8) is 0 Å². The third-order valence-electron chi connectivity index (χ3n) is 3.13. The van der Waals surface area contributed by atoms with E-state index in [0.29, 0.717) is 11.3 Å². The molecule has 0 spiro atoms. The summed E-state index contributed by atoms with van der Waals surface area (Å²) in [7, 11) is 3.39. The fraction of sp³-hybridized carbons (Fsp3) is 0.357. The van der Waals surface area contributed by atoms with Gasteiger partial charge in [0.1, 0.15) is 11.6 Å². The van der Waals surface area contributed by atoms with Crippen molar-refractivity contribution in [2.45, 2.75) is 19.4 Å². The van der Waals surface area contributed by atoms with Crippen LogP contribution in [-0.2, 0) is 13.5 Å². The lowest BCUT2D eigenvalue weighted by Crippen LogP contribution is -2.14. The molecule has 0 fully saturated rings. The van der Waals surface area contributed by atoms with Gasteiger partial charge < -0.3 is 10.5 Å². The van der Waals surface area contributed by atoms with E-state index in [1.165, 1.54) is 12.1 Å². The molecule has 1 heterocycles. The highest BCUT2D eigenvalue weighted by molar-refractivity contribution is 5.42. The second-order valence-corrected chi connectivity index (χ2v) is 4.42. The van der Waals surface area contributed by atoms with Crippen molar-refractivity contribution in [1.29, 1.82) is 0 Å². The summed E-state index contributed by atoms with van der Waals surface area (Å²) in [5, 5.41) is 4.36. The Bertz CT molecular complexity index is 580. The third-order valence-corrected chi connectivity index (χ3v) is 3.13. The van der Waals surface area contributed by atoms with Crippen LogP contribution in [0.2, 0.25) is 0 Å². The van der Waals surface area contributed by atoms with Crippen molar-refractivity contribution in [1.82, 2.24) is 9.78 Å². The first-order chi connectivity index (χ1) is 9.06. The van der Waals surface area contributed by atoms with Gasteiger partial charge in [0.15, 0.2) is 0 Å². The zero-order chi connectivity index (χ0) is 14.0. The number of rotatable bonds is 4. The minimum absolute atomic E-state index is 0.326. The Kier molecular flexibility index (Phi) is 3.85. The van der Waals surface area contributed by atoms with Gasteiger partial charge in [0.25, 0.3) is 0 Å². The molecule has 0 radical (unpaired) electrons. The topological polar surface area (TPSA) is 53.1 Å². The molecule has 4 nitrogen and oxygen atoms in total. The summed E-state index contributed by atoms with van der Waals surface area (Å²) in [4.78, 5) is 0. The molecule has 102 valence electrons. The van der Waals surface area contributed by atoms with Crippen LogP contribution in [0.25, 0.3) is 0 Å². The largest absolute Gasteiger partial charge is 0.496 e. The van der Waals surface area contributed by atoms with Crippen molar-refractivity contribution in [2.24, 2.45) is 12.8 Å². The number of methoxy groups -OCH3 is 1. The van der Waals surface area contributed by atoms with Gasteiger partial charge in [0.05, 0.1) is 18.8 Å². The lowest BCUT2D eigenvalue weighted by Gasteiger charge is -2.15. The van der Waals surface area contributed by atoms with E-state index in [4.69, 9.17) is 10.5 Å². The first-order valence-corrected chi connectivity index (χ1v) is 6.18. The van der Waals surface area contributed by atoms with Crippen LogP contribution < -0.4 is 10.5 Å². The Balaban J connectivity index is 2.48. The van der Waals surface area contributed by atoms with Crippen LogP contribution in [0.15, 0.2) is 24.4 Å². The van der Waals surface area contributed by atoms with Gasteiger partial charge in [-0.1, -0.05) is 6.92 Å². The normalized spacial score (nSPS) is 12.5. The maximum atomic E-state index is 13.4. The molecule has 19 heavy (non-hydrogen) atoms. The van der Waals surface area contributed by atoms with Crippen LogP contribution in [-0.4, -0.2) is 16.9 Å². The quantitative estimate of drug-likeness (QED) is 0.919. The molecule has 2 rings (SSSR count). The van der Waals surface area contributed by atoms with Crippen molar-refractivity contribution < 1.29 is 9.13 Å². The summed E-state index contributed by atoms with van der Waals surface area (Å²) < 4.78 is 20.4. The highest BCUT2D eigenvalue weighted by Gasteiger charge is 2.19. The summed E-state index contributed by atoms with van der Waals surface area (Å²) >= 11 is 0. The number of hydrogen-bond acceptors (Lipinski definition) is 3. The zero-order valence-corrected chi connectivity index (χ0v) is 11.4.